The largest absolute Gasteiger partial charge is 0.359 e. The van der Waals surface area contributed by atoms with Crippen molar-refractivity contribution in [1.82, 2.24) is 9.88 Å². The molecule has 2 aliphatic rings. The second-order valence-corrected chi connectivity index (χ2v) is 12.7. The zero-order valence-electron chi connectivity index (χ0n) is 21.1. The normalized spacial score (nSPS) is 17.7. The van der Waals surface area contributed by atoms with Crippen LogP contribution in [-0.2, 0) is 26.9 Å². The SMILES string of the molecule is Cc1[nH]c(C=C2C(=O)Nc3ccc(S(=O)(=O)Cc4c(Cl)cccc4Cl)cc32)c(C)c1CN1CCC(F)CC1. The van der Waals surface area contributed by atoms with E-state index in [0.29, 0.717) is 54.9 Å². The van der Waals surface area contributed by atoms with Crippen LogP contribution in [0.2, 0.25) is 10.0 Å². The molecule has 0 atom stereocenters. The number of aryl methyl sites for hydroxylation is 1. The molecular formula is C28H28Cl2FN3O3S. The number of aromatic nitrogens is 1. The van der Waals surface area contributed by atoms with E-state index in [-0.39, 0.29) is 26.6 Å². The van der Waals surface area contributed by atoms with Crippen molar-refractivity contribution >= 4 is 56.3 Å². The standard InChI is InChI=1S/C28H28Cl2FN3O3S/c1-16-22(14-34-10-8-18(31)9-11-34)17(2)32-27(16)13-21-20-12-19(6-7-26(20)33-28(21)35)38(36,37)15-23-24(29)4-3-5-25(23)30/h3-7,12-13,18,32H,8-11,14-15H2,1-2H3,(H,33,35). The molecule has 10 heteroatoms. The molecule has 0 bridgehead atoms. The molecule has 2 aliphatic heterocycles. The predicted molar refractivity (Wildman–Crippen MR) is 150 cm³/mol. The number of H-pyrrole nitrogens is 1. The van der Waals surface area contributed by atoms with E-state index in [9.17, 15) is 17.6 Å². The molecule has 0 spiro atoms. The Morgan fingerprint density at radius 3 is 2.45 bits per heavy atom. The number of benzene rings is 2. The Kier molecular flexibility index (Phi) is 7.44. The number of hydrogen-bond donors (Lipinski definition) is 2. The van der Waals surface area contributed by atoms with Gasteiger partial charge in [0, 0.05) is 57.9 Å². The van der Waals surface area contributed by atoms with Gasteiger partial charge in [0.15, 0.2) is 9.84 Å². The highest BCUT2D eigenvalue weighted by atomic mass is 35.5. The Balaban J connectivity index is 1.46. The molecule has 6 nitrogen and oxygen atoms in total. The number of carbonyl (C=O) groups is 1. The smallest absolute Gasteiger partial charge is 0.256 e. The first-order valence-electron chi connectivity index (χ1n) is 12.4. The second kappa shape index (κ2) is 10.5. The van der Waals surface area contributed by atoms with Gasteiger partial charge in [0.25, 0.3) is 5.91 Å². The van der Waals surface area contributed by atoms with Crippen molar-refractivity contribution in [2.24, 2.45) is 0 Å². The van der Waals surface area contributed by atoms with Crippen LogP contribution in [0.15, 0.2) is 41.3 Å². The average Bonchev–Trinajstić information content (AvgIpc) is 3.32. The molecule has 1 fully saturated rings. The minimum absolute atomic E-state index is 0.0750. The van der Waals surface area contributed by atoms with Gasteiger partial charge in [-0.1, -0.05) is 29.3 Å². The van der Waals surface area contributed by atoms with E-state index >= 15 is 0 Å². The van der Waals surface area contributed by atoms with Gasteiger partial charge >= 0.3 is 0 Å². The number of nitrogens with one attached hydrogen (secondary N) is 2. The molecule has 0 unspecified atom stereocenters. The summed E-state index contributed by atoms with van der Waals surface area (Å²) in [4.78, 5) is 18.6. The molecule has 0 saturated carbocycles. The summed E-state index contributed by atoms with van der Waals surface area (Å²) >= 11 is 12.4. The molecule has 1 aromatic heterocycles. The van der Waals surface area contributed by atoms with Crippen LogP contribution < -0.4 is 5.32 Å². The first-order chi connectivity index (χ1) is 18.0. The van der Waals surface area contributed by atoms with Gasteiger partial charge in [-0.3, -0.25) is 9.69 Å². The zero-order valence-corrected chi connectivity index (χ0v) is 23.4. The fourth-order valence-corrected chi connectivity index (χ4v) is 7.19. The number of halogens is 3. The fraction of sp³-hybridized carbons (Fsp3) is 0.321. The van der Waals surface area contributed by atoms with Crippen molar-refractivity contribution in [2.75, 3.05) is 18.4 Å². The Morgan fingerprint density at radius 2 is 1.76 bits per heavy atom. The number of piperidine rings is 1. The lowest BCUT2D eigenvalue weighted by atomic mass is 10.0. The van der Waals surface area contributed by atoms with Crippen LogP contribution in [0.3, 0.4) is 0 Å². The van der Waals surface area contributed by atoms with Gasteiger partial charge in [-0.25, -0.2) is 12.8 Å². The molecule has 1 saturated heterocycles. The molecule has 200 valence electrons. The Morgan fingerprint density at radius 1 is 1.08 bits per heavy atom. The molecule has 3 heterocycles. The van der Waals surface area contributed by atoms with Crippen LogP contribution in [0.4, 0.5) is 10.1 Å². The van der Waals surface area contributed by atoms with E-state index < -0.39 is 16.0 Å². The van der Waals surface area contributed by atoms with Gasteiger partial charge in [0.05, 0.1) is 16.2 Å². The second-order valence-electron chi connectivity index (χ2n) is 9.90. The molecule has 2 N–H and O–H groups in total. The number of amides is 1. The highest BCUT2D eigenvalue weighted by Gasteiger charge is 2.28. The highest BCUT2D eigenvalue weighted by Crippen LogP contribution is 2.37. The van der Waals surface area contributed by atoms with Crippen molar-refractivity contribution in [3.05, 3.63) is 80.1 Å². The third-order valence-electron chi connectivity index (χ3n) is 7.35. The number of alkyl halides is 1. The summed E-state index contributed by atoms with van der Waals surface area (Å²) in [5, 5.41) is 3.38. The van der Waals surface area contributed by atoms with E-state index in [4.69, 9.17) is 23.2 Å². The van der Waals surface area contributed by atoms with E-state index in [0.717, 1.165) is 22.5 Å². The van der Waals surface area contributed by atoms with E-state index in [2.05, 4.69) is 15.2 Å². The summed E-state index contributed by atoms with van der Waals surface area (Å²) < 4.78 is 40.1. The zero-order chi connectivity index (χ0) is 27.2. The predicted octanol–water partition coefficient (Wildman–Crippen LogP) is 6.34. The minimum atomic E-state index is -3.80. The van der Waals surface area contributed by atoms with Crippen LogP contribution >= 0.6 is 23.2 Å². The third-order valence-corrected chi connectivity index (χ3v) is 9.70. The fourth-order valence-electron chi connectivity index (χ4n) is 5.07. The first kappa shape index (κ1) is 26.9. The van der Waals surface area contributed by atoms with Crippen LogP contribution in [0.25, 0.3) is 11.6 Å². The highest BCUT2D eigenvalue weighted by molar-refractivity contribution is 7.90. The van der Waals surface area contributed by atoms with E-state index in [1.54, 1.807) is 30.3 Å². The molecule has 0 aliphatic carbocycles. The molecule has 0 radical (unpaired) electrons. The number of sulfone groups is 1. The lowest BCUT2D eigenvalue weighted by Crippen LogP contribution is -2.34. The van der Waals surface area contributed by atoms with Gasteiger partial charge in [-0.15, -0.1) is 0 Å². The van der Waals surface area contributed by atoms with Crippen molar-refractivity contribution in [3.8, 4) is 0 Å². The van der Waals surface area contributed by atoms with Crippen LogP contribution in [0.1, 0.15) is 46.5 Å². The van der Waals surface area contributed by atoms with Crippen molar-refractivity contribution in [3.63, 3.8) is 0 Å². The number of aromatic amines is 1. The number of nitrogens with zero attached hydrogens (tertiary/aromatic N) is 1. The number of hydrogen-bond acceptors (Lipinski definition) is 4. The Bertz CT molecular complexity index is 1540. The topological polar surface area (TPSA) is 82.3 Å². The van der Waals surface area contributed by atoms with Crippen LogP contribution in [0.5, 0.6) is 0 Å². The van der Waals surface area contributed by atoms with Crippen LogP contribution in [-0.4, -0.2) is 43.5 Å². The number of rotatable bonds is 6. The maximum absolute atomic E-state index is 13.6. The monoisotopic (exact) mass is 575 g/mol. The third kappa shape index (κ3) is 5.27. The first-order valence-corrected chi connectivity index (χ1v) is 14.8. The summed E-state index contributed by atoms with van der Waals surface area (Å²) in [6.07, 6.45) is 2.13. The number of likely N-dealkylation sites (tertiary alicyclic amines) is 1. The van der Waals surface area contributed by atoms with Gasteiger partial charge < -0.3 is 10.3 Å². The van der Waals surface area contributed by atoms with Crippen molar-refractivity contribution < 1.29 is 17.6 Å². The Hall–Kier alpha value is -2.65. The molecule has 38 heavy (non-hydrogen) atoms. The van der Waals surface area contributed by atoms with Gasteiger partial charge in [-0.2, -0.15) is 0 Å². The summed E-state index contributed by atoms with van der Waals surface area (Å²) in [5.41, 5.74) is 5.68. The lowest BCUT2D eigenvalue weighted by Gasteiger charge is -2.28. The quantitative estimate of drug-likeness (QED) is 0.336. The van der Waals surface area contributed by atoms with Crippen molar-refractivity contribution in [2.45, 2.75) is 50.1 Å². The van der Waals surface area contributed by atoms with Crippen LogP contribution in [0, 0.1) is 13.8 Å². The molecular weight excluding hydrogens is 548 g/mol. The molecule has 2 aromatic carbocycles. The summed E-state index contributed by atoms with van der Waals surface area (Å²) in [6, 6.07) is 9.45. The van der Waals surface area contributed by atoms with Crippen molar-refractivity contribution in [1.29, 1.82) is 0 Å². The lowest BCUT2D eigenvalue weighted by molar-refractivity contribution is -0.110. The van der Waals surface area contributed by atoms with Gasteiger partial charge in [-0.05, 0) is 74.2 Å². The van der Waals surface area contributed by atoms with E-state index in [1.807, 2.05) is 13.8 Å². The number of fused-ring (bicyclic) bond motifs is 1. The summed E-state index contributed by atoms with van der Waals surface area (Å²) in [7, 11) is -3.80. The van der Waals surface area contributed by atoms with E-state index in [1.165, 1.54) is 12.1 Å². The van der Waals surface area contributed by atoms with Gasteiger partial charge in [0.2, 0.25) is 0 Å². The minimum Gasteiger partial charge on any atom is -0.359 e. The number of anilines is 1. The maximum Gasteiger partial charge on any atom is 0.256 e. The average molecular weight is 577 g/mol. The molecule has 3 aromatic rings. The molecule has 5 rings (SSSR count). The Labute approximate surface area is 231 Å². The number of carbonyl (C=O) groups excluding carboxylic acids is 1. The molecule has 1 amide bonds. The summed E-state index contributed by atoms with van der Waals surface area (Å²) in [6.45, 7) is 6.12. The van der Waals surface area contributed by atoms with Gasteiger partial charge in [0.1, 0.15) is 6.17 Å². The maximum atomic E-state index is 13.6. The summed E-state index contributed by atoms with van der Waals surface area (Å²) in [5.74, 6) is -0.662.